The molecule has 0 aliphatic heterocycles. The van der Waals surface area contributed by atoms with Gasteiger partial charge in [0.2, 0.25) is 0 Å². The van der Waals surface area contributed by atoms with Gasteiger partial charge in [-0.1, -0.05) is 27.2 Å². The molecule has 21 heavy (non-hydrogen) atoms. The number of benzene rings is 1. The van der Waals surface area contributed by atoms with E-state index in [1.807, 2.05) is 26.8 Å². The fraction of sp³-hybridized carbons (Fsp3) is 0.611. The molecule has 0 aromatic heterocycles. The maximum absolute atomic E-state index is 11.8. The largest absolute Gasteiger partial charge is 0.491 e. The van der Waals surface area contributed by atoms with Gasteiger partial charge >= 0.3 is 0 Å². The number of ether oxygens (including phenoxy) is 1. The summed E-state index contributed by atoms with van der Waals surface area (Å²) in [6.07, 6.45) is 3.12. The van der Waals surface area contributed by atoms with E-state index in [0.29, 0.717) is 12.2 Å². The van der Waals surface area contributed by atoms with Gasteiger partial charge in [0, 0.05) is 5.56 Å². The number of rotatable bonds is 8. The predicted molar refractivity (Wildman–Crippen MR) is 86.2 cm³/mol. The van der Waals surface area contributed by atoms with Crippen LogP contribution >= 0.6 is 0 Å². The van der Waals surface area contributed by atoms with E-state index in [4.69, 9.17) is 4.74 Å². The molecule has 0 fully saturated rings. The van der Waals surface area contributed by atoms with E-state index in [1.165, 1.54) is 0 Å². The predicted octanol–water partition coefficient (Wildman–Crippen LogP) is 4.08. The zero-order valence-electron chi connectivity index (χ0n) is 14.0. The Bertz CT molecular complexity index is 493. The molecule has 1 N–H and O–H groups in total. The van der Waals surface area contributed by atoms with E-state index in [2.05, 4.69) is 6.92 Å². The molecule has 1 unspecified atom stereocenters. The van der Waals surface area contributed by atoms with Gasteiger partial charge in [-0.2, -0.15) is 0 Å². The van der Waals surface area contributed by atoms with Crippen LogP contribution in [0.15, 0.2) is 12.1 Å². The highest BCUT2D eigenvalue weighted by Crippen LogP contribution is 2.25. The minimum Gasteiger partial charge on any atom is -0.491 e. The molecule has 3 nitrogen and oxygen atoms in total. The van der Waals surface area contributed by atoms with Crippen molar-refractivity contribution in [2.75, 3.05) is 6.61 Å². The molecule has 0 spiro atoms. The van der Waals surface area contributed by atoms with Gasteiger partial charge in [0.15, 0.2) is 5.78 Å². The van der Waals surface area contributed by atoms with Gasteiger partial charge < -0.3 is 9.84 Å². The average Bonchev–Trinajstić information content (AvgIpc) is 2.44. The second-order valence-electron chi connectivity index (χ2n) is 5.79. The first kappa shape index (κ1) is 17.7. The summed E-state index contributed by atoms with van der Waals surface area (Å²) in [5, 5.41) is 10.4. The van der Waals surface area contributed by atoms with Crippen LogP contribution in [0, 0.1) is 6.92 Å². The second-order valence-corrected chi connectivity index (χ2v) is 5.79. The minimum atomic E-state index is -0.789. The van der Waals surface area contributed by atoms with Crippen LogP contribution < -0.4 is 4.74 Å². The fourth-order valence-electron chi connectivity index (χ4n) is 2.68. The molecule has 0 saturated carbocycles. The first-order valence-electron chi connectivity index (χ1n) is 7.86. The van der Waals surface area contributed by atoms with Crippen molar-refractivity contribution in [3.63, 3.8) is 0 Å². The summed E-state index contributed by atoms with van der Waals surface area (Å²) in [4.78, 5) is 11.8. The highest BCUT2D eigenvalue weighted by molar-refractivity contribution is 5.96. The minimum absolute atomic E-state index is 0.0553. The lowest BCUT2D eigenvalue weighted by Gasteiger charge is -2.26. The summed E-state index contributed by atoms with van der Waals surface area (Å²) in [6.45, 7) is 9.90. The smallest absolute Gasteiger partial charge is 0.160 e. The number of aliphatic hydroxyl groups is 1. The lowest BCUT2D eigenvalue weighted by Crippen LogP contribution is -2.35. The Morgan fingerprint density at radius 1 is 1.29 bits per heavy atom. The van der Waals surface area contributed by atoms with E-state index in [-0.39, 0.29) is 12.4 Å². The normalized spacial score (nSPS) is 13.8. The number of aryl methyl sites for hydroxylation is 1. The SMILES string of the molecule is CCCC(O)(CC)COc1cc(C)c(CC)c(C(C)=O)c1. The van der Waals surface area contributed by atoms with Gasteiger partial charge in [0.25, 0.3) is 0 Å². The number of hydrogen-bond donors (Lipinski definition) is 1. The Hall–Kier alpha value is -1.35. The molecule has 0 radical (unpaired) electrons. The van der Waals surface area contributed by atoms with E-state index in [9.17, 15) is 9.90 Å². The Labute approximate surface area is 128 Å². The van der Waals surface area contributed by atoms with Crippen LogP contribution in [0.3, 0.4) is 0 Å². The molecule has 3 heteroatoms. The highest BCUT2D eigenvalue weighted by Gasteiger charge is 2.24. The van der Waals surface area contributed by atoms with Crippen molar-refractivity contribution < 1.29 is 14.6 Å². The monoisotopic (exact) mass is 292 g/mol. The van der Waals surface area contributed by atoms with E-state index in [1.54, 1.807) is 13.0 Å². The van der Waals surface area contributed by atoms with Gasteiger partial charge in [-0.3, -0.25) is 4.79 Å². The second kappa shape index (κ2) is 7.60. The zero-order valence-corrected chi connectivity index (χ0v) is 14.0. The lowest BCUT2D eigenvalue weighted by atomic mass is 9.95. The molecule has 118 valence electrons. The molecule has 0 saturated heterocycles. The Kier molecular flexibility index (Phi) is 6.41. The third-order valence-corrected chi connectivity index (χ3v) is 4.06. The zero-order chi connectivity index (χ0) is 16.0. The molecule has 1 rings (SSSR count). The number of carbonyl (C=O) groups excluding carboxylic acids is 1. The van der Waals surface area contributed by atoms with Gasteiger partial charge in [0.05, 0.1) is 5.60 Å². The molecular formula is C18H28O3. The first-order chi connectivity index (χ1) is 9.86. The lowest BCUT2D eigenvalue weighted by molar-refractivity contribution is -0.0158. The number of carbonyl (C=O) groups is 1. The van der Waals surface area contributed by atoms with Crippen LogP contribution in [0.4, 0.5) is 0 Å². The summed E-state index contributed by atoms with van der Waals surface area (Å²) in [5.41, 5.74) is 2.08. The number of hydrogen-bond acceptors (Lipinski definition) is 3. The van der Waals surface area contributed by atoms with Crippen molar-refractivity contribution in [2.45, 2.75) is 65.9 Å². The van der Waals surface area contributed by atoms with Crippen LogP contribution in [0.5, 0.6) is 5.75 Å². The van der Waals surface area contributed by atoms with Crippen molar-refractivity contribution in [3.05, 3.63) is 28.8 Å². The van der Waals surface area contributed by atoms with Gasteiger partial charge in [-0.05, 0) is 56.4 Å². The van der Waals surface area contributed by atoms with Crippen LogP contribution in [0.25, 0.3) is 0 Å². The molecule has 1 atom stereocenters. The number of Topliss-reactive ketones (excluding diaryl/α,β-unsaturated/α-hetero) is 1. The molecule has 0 bridgehead atoms. The Balaban J connectivity index is 2.97. The van der Waals surface area contributed by atoms with E-state index in [0.717, 1.165) is 36.0 Å². The topological polar surface area (TPSA) is 46.5 Å². The van der Waals surface area contributed by atoms with E-state index < -0.39 is 5.60 Å². The summed E-state index contributed by atoms with van der Waals surface area (Å²) in [7, 11) is 0. The fourth-order valence-corrected chi connectivity index (χ4v) is 2.68. The quantitative estimate of drug-likeness (QED) is 0.734. The van der Waals surface area contributed by atoms with Crippen molar-refractivity contribution in [1.82, 2.24) is 0 Å². The van der Waals surface area contributed by atoms with Crippen molar-refractivity contribution >= 4 is 5.78 Å². The Morgan fingerprint density at radius 2 is 1.95 bits per heavy atom. The van der Waals surface area contributed by atoms with Crippen molar-refractivity contribution in [2.24, 2.45) is 0 Å². The van der Waals surface area contributed by atoms with Crippen molar-refractivity contribution in [1.29, 1.82) is 0 Å². The first-order valence-corrected chi connectivity index (χ1v) is 7.86. The molecule has 0 heterocycles. The van der Waals surface area contributed by atoms with Crippen molar-refractivity contribution in [3.8, 4) is 5.75 Å². The summed E-state index contributed by atoms with van der Waals surface area (Å²) < 4.78 is 5.78. The van der Waals surface area contributed by atoms with Crippen LogP contribution in [-0.2, 0) is 6.42 Å². The highest BCUT2D eigenvalue weighted by atomic mass is 16.5. The molecule has 0 aliphatic rings. The molecule has 1 aromatic carbocycles. The van der Waals surface area contributed by atoms with Gasteiger partial charge in [0.1, 0.15) is 12.4 Å². The third kappa shape index (κ3) is 4.57. The summed E-state index contributed by atoms with van der Waals surface area (Å²) >= 11 is 0. The van der Waals surface area contributed by atoms with Crippen LogP contribution in [0.2, 0.25) is 0 Å². The standard InChI is InChI=1S/C18H28O3/c1-6-9-18(20,8-3)12-21-15-10-13(4)16(7-2)17(11-15)14(5)19/h10-11,20H,6-9,12H2,1-5H3. The maximum Gasteiger partial charge on any atom is 0.160 e. The molecule has 1 aromatic rings. The maximum atomic E-state index is 11.8. The molecule has 0 amide bonds. The Morgan fingerprint density at radius 3 is 2.43 bits per heavy atom. The molecular weight excluding hydrogens is 264 g/mol. The van der Waals surface area contributed by atoms with Gasteiger partial charge in [-0.25, -0.2) is 0 Å². The number of ketones is 1. The summed E-state index contributed by atoms with van der Waals surface area (Å²) in [6, 6.07) is 3.75. The summed E-state index contributed by atoms with van der Waals surface area (Å²) in [5.74, 6) is 0.720. The third-order valence-electron chi connectivity index (χ3n) is 4.06. The molecule has 0 aliphatic carbocycles. The van der Waals surface area contributed by atoms with Crippen LogP contribution in [0.1, 0.15) is 68.4 Å². The van der Waals surface area contributed by atoms with E-state index >= 15 is 0 Å². The average molecular weight is 292 g/mol. The van der Waals surface area contributed by atoms with Gasteiger partial charge in [-0.15, -0.1) is 0 Å². The van der Waals surface area contributed by atoms with Crippen LogP contribution in [-0.4, -0.2) is 23.1 Å².